The zero-order valence-electron chi connectivity index (χ0n) is 11.3. The number of aromatic carboxylic acids is 1. The number of pyridine rings is 1. The van der Waals surface area contributed by atoms with Crippen LogP contribution in [0.2, 0.25) is 0 Å². The maximum Gasteiger partial charge on any atom is 0.339 e. The maximum absolute atomic E-state index is 11.4. The lowest BCUT2D eigenvalue weighted by molar-refractivity contribution is 0.0696. The molecule has 2 aliphatic rings. The van der Waals surface area contributed by atoms with Crippen molar-refractivity contribution in [3.63, 3.8) is 0 Å². The van der Waals surface area contributed by atoms with Crippen LogP contribution in [0.15, 0.2) is 12.1 Å². The molecule has 3 rings (SSSR count). The van der Waals surface area contributed by atoms with E-state index in [4.69, 9.17) is 0 Å². The molecule has 1 aromatic rings. The molecule has 0 amide bonds. The van der Waals surface area contributed by atoms with Gasteiger partial charge in [-0.25, -0.2) is 9.78 Å². The van der Waals surface area contributed by atoms with Crippen molar-refractivity contribution in [2.24, 2.45) is 11.8 Å². The summed E-state index contributed by atoms with van der Waals surface area (Å²) in [5.74, 6) is 1.23. The Hall–Kier alpha value is -1.58. The third-order valence-corrected chi connectivity index (χ3v) is 4.39. The average Bonchev–Trinajstić information content (AvgIpc) is 2.37. The Morgan fingerprint density at radius 3 is 2.63 bits per heavy atom. The predicted molar refractivity (Wildman–Crippen MR) is 73.6 cm³/mol. The highest BCUT2D eigenvalue weighted by Crippen LogP contribution is 2.36. The second-order valence-corrected chi connectivity index (χ2v) is 5.93. The molecule has 1 aliphatic carbocycles. The van der Waals surface area contributed by atoms with Crippen molar-refractivity contribution in [1.29, 1.82) is 0 Å². The summed E-state index contributed by atoms with van der Waals surface area (Å²) in [6.07, 6.45) is 5.20. The fourth-order valence-electron chi connectivity index (χ4n) is 3.56. The van der Waals surface area contributed by atoms with E-state index in [2.05, 4.69) is 9.88 Å². The number of rotatable bonds is 2. The Bertz CT molecular complexity index is 489. The number of carboxylic acids is 1. The highest BCUT2D eigenvalue weighted by Gasteiger charge is 2.32. The van der Waals surface area contributed by atoms with Crippen molar-refractivity contribution >= 4 is 11.8 Å². The van der Waals surface area contributed by atoms with Crippen molar-refractivity contribution in [3.8, 4) is 0 Å². The van der Waals surface area contributed by atoms with Crippen molar-refractivity contribution < 1.29 is 9.90 Å². The number of aromatic nitrogens is 1. The summed E-state index contributed by atoms with van der Waals surface area (Å²) in [5, 5.41) is 9.32. The van der Waals surface area contributed by atoms with Gasteiger partial charge in [0.1, 0.15) is 11.4 Å². The summed E-state index contributed by atoms with van der Waals surface area (Å²) in [6.45, 7) is 3.85. The molecule has 4 nitrogen and oxygen atoms in total. The van der Waals surface area contributed by atoms with Gasteiger partial charge in [0.2, 0.25) is 0 Å². The van der Waals surface area contributed by atoms with Gasteiger partial charge >= 0.3 is 5.97 Å². The van der Waals surface area contributed by atoms with Gasteiger partial charge in [-0.15, -0.1) is 0 Å². The highest BCUT2D eigenvalue weighted by molar-refractivity contribution is 5.93. The summed E-state index contributed by atoms with van der Waals surface area (Å²) in [4.78, 5) is 18.0. The minimum absolute atomic E-state index is 0.338. The molecule has 1 aliphatic heterocycles. The lowest BCUT2D eigenvalue weighted by Gasteiger charge is -2.42. The smallest absolute Gasteiger partial charge is 0.339 e. The molecular formula is C15H20N2O2. The molecule has 19 heavy (non-hydrogen) atoms. The molecule has 1 aromatic heterocycles. The van der Waals surface area contributed by atoms with E-state index in [0.29, 0.717) is 11.4 Å². The van der Waals surface area contributed by atoms with Crippen molar-refractivity contribution in [2.75, 3.05) is 18.0 Å². The van der Waals surface area contributed by atoms with Crippen LogP contribution in [0.5, 0.6) is 0 Å². The summed E-state index contributed by atoms with van der Waals surface area (Å²) >= 11 is 0. The standard InChI is InChI=1S/C15H20N2O2/c1-10-5-6-13(15(18)19)14(16-10)17-8-11-3-2-4-12(7-11)9-17/h5-6,11-12H,2-4,7-9H2,1H3,(H,18,19)/t11-,12-/m0/s1. The van der Waals surface area contributed by atoms with Crippen LogP contribution in [-0.2, 0) is 0 Å². The van der Waals surface area contributed by atoms with Crippen LogP contribution in [-0.4, -0.2) is 29.1 Å². The molecule has 2 bridgehead atoms. The second kappa shape index (κ2) is 4.83. The van der Waals surface area contributed by atoms with Crippen molar-refractivity contribution in [1.82, 2.24) is 4.98 Å². The van der Waals surface area contributed by atoms with Crippen LogP contribution in [0.3, 0.4) is 0 Å². The summed E-state index contributed by atoms with van der Waals surface area (Å²) in [5.41, 5.74) is 1.22. The normalized spacial score (nSPS) is 26.3. The van der Waals surface area contributed by atoms with E-state index in [1.807, 2.05) is 6.92 Å². The second-order valence-electron chi connectivity index (χ2n) is 5.93. The fraction of sp³-hybridized carbons (Fsp3) is 0.600. The largest absolute Gasteiger partial charge is 0.478 e. The van der Waals surface area contributed by atoms with E-state index in [1.165, 1.54) is 25.7 Å². The Morgan fingerprint density at radius 2 is 2.00 bits per heavy atom. The molecule has 0 aromatic carbocycles. The fourth-order valence-corrected chi connectivity index (χ4v) is 3.56. The first-order chi connectivity index (χ1) is 9.13. The lowest BCUT2D eigenvalue weighted by Crippen LogP contribution is -2.43. The summed E-state index contributed by atoms with van der Waals surface area (Å²) < 4.78 is 0. The minimum atomic E-state index is -0.877. The molecule has 0 unspecified atom stereocenters. The van der Waals surface area contributed by atoms with Crippen molar-refractivity contribution in [2.45, 2.75) is 32.6 Å². The van der Waals surface area contributed by atoms with Gasteiger partial charge in [0.25, 0.3) is 0 Å². The van der Waals surface area contributed by atoms with E-state index in [9.17, 15) is 9.90 Å². The van der Waals surface area contributed by atoms with E-state index in [0.717, 1.165) is 30.6 Å². The monoisotopic (exact) mass is 260 g/mol. The SMILES string of the molecule is Cc1ccc(C(=O)O)c(N2C[C@H]3CCC[C@@H](C3)C2)n1. The topological polar surface area (TPSA) is 53.4 Å². The molecule has 0 radical (unpaired) electrons. The Morgan fingerprint density at radius 1 is 1.32 bits per heavy atom. The van der Waals surface area contributed by atoms with Crippen LogP contribution in [0.4, 0.5) is 5.82 Å². The average molecular weight is 260 g/mol. The van der Waals surface area contributed by atoms with E-state index in [-0.39, 0.29) is 0 Å². The quantitative estimate of drug-likeness (QED) is 0.888. The Labute approximate surface area is 113 Å². The van der Waals surface area contributed by atoms with Crippen LogP contribution in [0.1, 0.15) is 41.7 Å². The number of hydrogen-bond donors (Lipinski definition) is 1. The number of carbonyl (C=O) groups is 1. The van der Waals surface area contributed by atoms with Gasteiger partial charge in [-0.3, -0.25) is 0 Å². The summed E-state index contributed by atoms with van der Waals surface area (Å²) in [6, 6.07) is 3.46. The molecule has 0 spiro atoms. The molecule has 2 heterocycles. The van der Waals surface area contributed by atoms with Gasteiger partial charge in [0.15, 0.2) is 0 Å². The van der Waals surface area contributed by atoms with Gasteiger partial charge in [0.05, 0.1) is 0 Å². The van der Waals surface area contributed by atoms with Gasteiger partial charge in [-0.05, 0) is 50.2 Å². The maximum atomic E-state index is 11.4. The highest BCUT2D eigenvalue weighted by atomic mass is 16.4. The zero-order chi connectivity index (χ0) is 13.4. The van der Waals surface area contributed by atoms with Gasteiger partial charge in [0, 0.05) is 18.8 Å². The molecule has 2 atom stereocenters. The molecule has 102 valence electrons. The van der Waals surface area contributed by atoms with Gasteiger partial charge in [-0.1, -0.05) is 6.42 Å². The third-order valence-electron chi connectivity index (χ3n) is 4.39. The summed E-state index contributed by atoms with van der Waals surface area (Å²) in [7, 11) is 0. The number of anilines is 1. The lowest BCUT2D eigenvalue weighted by atomic mass is 9.78. The van der Waals surface area contributed by atoms with Crippen LogP contribution < -0.4 is 4.90 Å². The first-order valence-electron chi connectivity index (χ1n) is 7.09. The van der Waals surface area contributed by atoms with Gasteiger partial charge < -0.3 is 10.0 Å². The minimum Gasteiger partial charge on any atom is -0.478 e. The number of nitrogens with zero attached hydrogens (tertiary/aromatic N) is 2. The van der Waals surface area contributed by atoms with Crippen LogP contribution >= 0.6 is 0 Å². The predicted octanol–water partition coefficient (Wildman–Crippen LogP) is 2.71. The number of carboxylic acid groups (broad SMARTS) is 1. The number of fused-ring (bicyclic) bond motifs is 2. The first kappa shape index (κ1) is 12.5. The van der Waals surface area contributed by atoms with Crippen molar-refractivity contribution in [3.05, 3.63) is 23.4 Å². The third kappa shape index (κ3) is 2.44. The zero-order valence-corrected chi connectivity index (χ0v) is 11.3. The Kier molecular flexibility index (Phi) is 3.17. The van der Waals surface area contributed by atoms with E-state index < -0.39 is 5.97 Å². The number of aryl methyl sites for hydroxylation is 1. The Balaban J connectivity index is 1.92. The molecule has 2 fully saturated rings. The van der Waals surface area contributed by atoms with Crippen LogP contribution in [0, 0.1) is 18.8 Å². The molecule has 1 N–H and O–H groups in total. The molecule has 1 saturated carbocycles. The first-order valence-corrected chi connectivity index (χ1v) is 7.09. The number of hydrogen-bond acceptors (Lipinski definition) is 3. The number of piperidine rings is 1. The van der Waals surface area contributed by atoms with E-state index in [1.54, 1.807) is 12.1 Å². The van der Waals surface area contributed by atoms with E-state index >= 15 is 0 Å². The molecule has 4 heteroatoms. The van der Waals surface area contributed by atoms with Crippen LogP contribution in [0.25, 0.3) is 0 Å². The molecule has 1 saturated heterocycles. The van der Waals surface area contributed by atoms with Gasteiger partial charge in [-0.2, -0.15) is 0 Å². The molecular weight excluding hydrogens is 240 g/mol.